The molecule has 0 saturated carbocycles. The number of phenols is 1. The number of hydrogen-bond donors (Lipinski definition) is 3. The molecule has 0 saturated heterocycles. The van der Waals surface area contributed by atoms with Crippen molar-refractivity contribution in [3.05, 3.63) is 45.9 Å². The maximum Gasteiger partial charge on any atom is 0.274 e. The third-order valence-electron chi connectivity index (χ3n) is 3.24. The van der Waals surface area contributed by atoms with Gasteiger partial charge in [0.25, 0.3) is 5.56 Å². The highest BCUT2D eigenvalue weighted by Crippen LogP contribution is 2.23. The first-order valence-electron chi connectivity index (χ1n) is 6.68. The van der Waals surface area contributed by atoms with Crippen LogP contribution in [-0.4, -0.2) is 21.4 Å². The first kappa shape index (κ1) is 14.4. The lowest BCUT2D eigenvalue weighted by Crippen LogP contribution is -2.21. The van der Waals surface area contributed by atoms with Gasteiger partial charge in [-0.15, -0.1) is 0 Å². The van der Waals surface area contributed by atoms with Crippen molar-refractivity contribution in [1.29, 1.82) is 0 Å². The van der Waals surface area contributed by atoms with E-state index >= 15 is 0 Å². The van der Waals surface area contributed by atoms with Gasteiger partial charge in [-0.2, -0.15) is 0 Å². The number of phenolic OH excluding ortho intramolecular Hbond substituents is 1. The summed E-state index contributed by atoms with van der Waals surface area (Å²) in [6.45, 7) is 6.60. The summed E-state index contributed by atoms with van der Waals surface area (Å²) >= 11 is 0. The Morgan fingerprint density at radius 2 is 1.85 bits per heavy atom. The SMILES string of the molecule is CC(C)(C)c1[nH]n(-c2ccc(O)cc2)c(=O)c1CCN. The summed E-state index contributed by atoms with van der Waals surface area (Å²) in [5, 5.41) is 12.5. The summed E-state index contributed by atoms with van der Waals surface area (Å²) in [4.78, 5) is 12.5. The minimum absolute atomic E-state index is 0.0777. The smallest absolute Gasteiger partial charge is 0.274 e. The number of aromatic nitrogens is 2. The lowest BCUT2D eigenvalue weighted by molar-refractivity contribution is 0.475. The summed E-state index contributed by atoms with van der Waals surface area (Å²) in [5.74, 6) is 0.173. The largest absolute Gasteiger partial charge is 0.508 e. The second-order valence-electron chi connectivity index (χ2n) is 5.91. The molecule has 0 aliphatic rings. The monoisotopic (exact) mass is 275 g/mol. The van der Waals surface area contributed by atoms with Crippen molar-refractivity contribution in [1.82, 2.24) is 9.78 Å². The van der Waals surface area contributed by atoms with E-state index in [2.05, 4.69) is 25.9 Å². The average molecular weight is 275 g/mol. The van der Waals surface area contributed by atoms with Gasteiger partial charge in [0.2, 0.25) is 0 Å². The van der Waals surface area contributed by atoms with E-state index in [0.717, 1.165) is 11.3 Å². The quantitative estimate of drug-likeness (QED) is 0.796. The van der Waals surface area contributed by atoms with Gasteiger partial charge in [-0.1, -0.05) is 20.8 Å². The summed E-state index contributed by atoms with van der Waals surface area (Å²) in [6, 6.07) is 6.52. The molecule has 0 amide bonds. The lowest BCUT2D eigenvalue weighted by atomic mass is 9.89. The number of rotatable bonds is 3. The molecule has 1 aromatic heterocycles. The Labute approximate surface area is 118 Å². The highest BCUT2D eigenvalue weighted by molar-refractivity contribution is 5.38. The fourth-order valence-electron chi connectivity index (χ4n) is 2.25. The third kappa shape index (κ3) is 2.63. The molecule has 20 heavy (non-hydrogen) atoms. The fourth-order valence-corrected chi connectivity index (χ4v) is 2.25. The van der Waals surface area contributed by atoms with Gasteiger partial charge in [-0.25, -0.2) is 4.68 Å². The summed E-state index contributed by atoms with van der Waals surface area (Å²) in [6.07, 6.45) is 0.549. The zero-order valence-corrected chi connectivity index (χ0v) is 12.1. The van der Waals surface area contributed by atoms with Crippen molar-refractivity contribution < 1.29 is 5.11 Å². The summed E-state index contributed by atoms with van der Waals surface area (Å²) in [7, 11) is 0. The van der Waals surface area contributed by atoms with Crippen molar-refractivity contribution in [2.75, 3.05) is 6.54 Å². The van der Waals surface area contributed by atoms with Gasteiger partial charge >= 0.3 is 0 Å². The molecular weight excluding hydrogens is 254 g/mol. The van der Waals surface area contributed by atoms with Crippen molar-refractivity contribution in [3.8, 4) is 11.4 Å². The Bertz CT molecular complexity index is 645. The minimum atomic E-state index is -0.161. The van der Waals surface area contributed by atoms with E-state index in [-0.39, 0.29) is 16.7 Å². The molecule has 5 nitrogen and oxygen atoms in total. The van der Waals surface area contributed by atoms with Crippen LogP contribution >= 0.6 is 0 Å². The van der Waals surface area contributed by atoms with Gasteiger partial charge in [0.05, 0.1) is 5.69 Å². The normalized spacial score (nSPS) is 11.8. The van der Waals surface area contributed by atoms with Crippen molar-refractivity contribution in [2.45, 2.75) is 32.6 Å². The van der Waals surface area contributed by atoms with Crippen LogP contribution in [-0.2, 0) is 11.8 Å². The molecule has 1 heterocycles. The molecule has 0 bridgehead atoms. The maximum absolute atomic E-state index is 12.5. The number of aromatic amines is 1. The molecule has 0 unspecified atom stereocenters. The second-order valence-corrected chi connectivity index (χ2v) is 5.91. The topological polar surface area (TPSA) is 84.0 Å². The molecule has 0 spiro atoms. The molecule has 0 aliphatic heterocycles. The van der Waals surface area contributed by atoms with Gasteiger partial charge in [0.15, 0.2) is 0 Å². The first-order valence-corrected chi connectivity index (χ1v) is 6.68. The number of hydrogen-bond acceptors (Lipinski definition) is 3. The number of aromatic hydroxyl groups is 1. The van der Waals surface area contributed by atoms with Gasteiger partial charge in [-0.05, 0) is 37.2 Å². The van der Waals surface area contributed by atoms with Crippen LogP contribution in [0, 0.1) is 0 Å². The zero-order chi connectivity index (χ0) is 14.9. The van der Waals surface area contributed by atoms with Gasteiger partial charge in [0.1, 0.15) is 5.75 Å². The van der Waals surface area contributed by atoms with Crippen LogP contribution in [0.1, 0.15) is 32.0 Å². The average Bonchev–Trinajstić information content (AvgIpc) is 2.69. The van der Waals surface area contributed by atoms with E-state index < -0.39 is 0 Å². The van der Waals surface area contributed by atoms with Crippen LogP contribution in [0.3, 0.4) is 0 Å². The molecule has 2 aromatic rings. The molecule has 0 radical (unpaired) electrons. The Morgan fingerprint density at radius 3 is 2.35 bits per heavy atom. The zero-order valence-electron chi connectivity index (χ0n) is 12.1. The molecule has 5 heteroatoms. The Morgan fingerprint density at radius 1 is 1.25 bits per heavy atom. The van der Waals surface area contributed by atoms with Crippen molar-refractivity contribution in [3.63, 3.8) is 0 Å². The van der Waals surface area contributed by atoms with Crippen LogP contribution in [0.15, 0.2) is 29.1 Å². The van der Waals surface area contributed by atoms with E-state index in [1.54, 1.807) is 24.3 Å². The molecular formula is C15H21N3O2. The predicted octanol–water partition coefficient (Wildman–Crippen LogP) is 1.67. The van der Waals surface area contributed by atoms with Crippen LogP contribution in [0.25, 0.3) is 5.69 Å². The van der Waals surface area contributed by atoms with Crippen LogP contribution < -0.4 is 11.3 Å². The molecule has 4 N–H and O–H groups in total. The number of nitrogens with two attached hydrogens (primary N) is 1. The molecule has 0 aliphatic carbocycles. The van der Waals surface area contributed by atoms with Crippen LogP contribution in [0.2, 0.25) is 0 Å². The lowest BCUT2D eigenvalue weighted by Gasteiger charge is -2.18. The number of nitrogens with one attached hydrogen (secondary N) is 1. The third-order valence-corrected chi connectivity index (χ3v) is 3.24. The molecule has 2 rings (SSSR count). The number of H-pyrrole nitrogens is 1. The highest BCUT2D eigenvalue weighted by atomic mass is 16.3. The summed E-state index contributed by atoms with van der Waals surface area (Å²) in [5.41, 5.74) is 7.71. The highest BCUT2D eigenvalue weighted by Gasteiger charge is 2.24. The second kappa shape index (κ2) is 5.17. The molecule has 1 aromatic carbocycles. The van der Waals surface area contributed by atoms with Gasteiger partial charge in [-0.3, -0.25) is 9.89 Å². The fraction of sp³-hybridized carbons (Fsp3) is 0.400. The molecule has 0 atom stereocenters. The Kier molecular flexibility index (Phi) is 3.72. The number of benzene rings is 1. The Balaban J connectivity index is 2.61. The first-order chi connectivity index (χ1) is 9.34. The minimum Gasteiger partial charge on any atom is -0.508 e. The predicted molar refractivity (Wildman–Crippen MR) is 79.5 cm³/mol. The Hall–Kier alpha value is -2.01. The molecule has 108 valence electrons. The van der Waals surface area contributed by atoms with Gasteiger partial charge < -0.3 is 10.8 Å². The van der Waals surface area contributed by atoms with E-state index in [1.807, 2.05) is 0 Å². The molecule has 0 fully saturated rings. The van der Waals surface area contributed by atoms with Crippen LogP contribution in [0.4, 0.5) is 0 Å². The standard InChI is InChI=1S/C15H21N3O2/c1-15(2,3)13-12(8-9-16)14(20)18(17-13)10-4-6-11(19)7-5-10/h4-7,17,19H,8-9,16H2,1-3H3. The van der Waals surface area contributed by atoms with Crippen molar-refractivity contribution in [2.24, 2.45) is 5.73 Å². The van der Waals surface area contributed by atoms with Gasteiger partial charge in [0, 0.05) is 16.7 Å². The maximum atomic E-state index is 12.5. The van der Waals surface area contributed by atoms with Crippen molar-refractivity contribution >= 4 is 0 Å². The summed E-state index contributed by atoms with van der Waals surface area (Å²) < 4.78 is 1.50. The van der Waals surface area contributed by atoms with E-state index in [9.17, 15) is 9.90 Å². The number of nitrogens with zero attached hydrogens (tertiary/aromatic N) is 1. The van der Waals surface area contributed by atoms with E-state index in [0.29, 0.717) is 18.7 Å². The van der Waals surface area contributed by atoms with E-state index in [1.165, 1.54) is 4.68 Å². The van der Waals surface area contributed by atoms with Crippen LogP contribution in [0.5, 0.6) is 5.75 Å². The van der Waals surface area contributed by atoms with E-state index in [4.69, 9.17) is 5.73 Å².